The predicted molar refractivity (Wildman–Crippen MR) is 83.6 cm³/mol. The monoisotopic (exact) mass is 292 g/mol. The fraction of sp³-hybridized carbons (Fsp3) is 0.467. The van der Waals surface area contributed by atoms with E-state index in [1.807, 2.05) is 43.0 Å². The van der Waals surface area contributed by atoms with Crippen molar-refractivity contribution in [3.63, 3.8) is 0 Å². The van der Waals surface area contributed by atoms with Gasteiger partial charge in [0.05, 0.1) is 6.04 Å². The zero-order chi connectivity index (χ0) is 16.0. The Hall–Kier alpha value is -2.08. The van der Waals surface area contributed by atoms with E-state index >= 15 is 0 Å². The number of carbonyl (C=O) groups excluding carboxylic acids is 2. The summed E-state index contributed by atoms with van der Waals surface area (Å²) in [5.74, 6) is -0.336. The second-order valence-electron chi connectivity index (χ2n) is 5.21. The van der Waals surface area contributed by atoms with Crippen molar-refractivity contribution in [1.29, 1.82) is 0 Å². The maximum Gasteiger partial charge on any atom is 0.321 e. The Bertz CT molecular complexity index is 502. The van der Waals surface area contributed by atoms with Crippen LogP contribution in [0.1, 0.15) is 26.3 Å². The minimum atomic E-state index is -0.505. The summed E-state index contributed by atoms with van der Waals surface area (Å²) in [6.07, 6.45) is 0. The van der Waals surface area contributed by atoms with E-state index in [2.05, 4.69) is 10.6 Å². The molecule has 3 amide bonds. The number of hydrogen-bond donors (Lipinski definition) is 3. The van der Waals surface area contributed by atoms with Gasteiger partial charge in [-0.2, -0.15) is 0 Å². The van der Waals surface area contributed by atoms with Crippen LogP contribution in [0.25, 0.3) is 0 Å². The van der Waals surface area contributed by atoms with Gasteiger partial charge >= 0.3 is 6.03 Å². The van der Waals surface area contributed by atoms with Crippen molar-refractivity contribution in [3.05, 3.63) is 29.8 Å². The minimum Gasteiger partial charge on any atom is -0.398 e. The van der Waals surface area contributed by atoms with Crippen LogP contribution in [0.4, 0.5) is 10.5 Å². The van der Waals surface area contributed by atoms with Crippen molar-refractivity contribution in [2.24, 2.45) is 0 Å². The number of para-hydroxylation sites is 1. The number of nitrogens with zero attached hydrogens (tertiary/aromatic N) is 1. The summed E-state index contributed by atoms with van der Waals surface area (Å²) in [5.41, 5.74) is 7.62. The quantitative estimate of drug-likeness (QED) is 0.714. The van der Waals surface area contributed by atoms with Gasteiger partial charge in [-0.15, -0.1) is 0 Å². The molecule has 0 aliphatic carbocycles. The number of urea groups is 1. The van der Waals surface area contributed by atoms with Crippen LogP contribution in [-0.4, -0.2) is 36.0 Å². The molecule has 0 fully saturated rings. The van der Waals surface area contributed by atoms with E-state index in [-0.39, 0.29) is 11.9 Å². The standard InChI is InChI=1S/C15H24N4O2/c1-10(2)19(9-12-7-5-6-8-13(12)16)11(3)14(20)18-15(21)17-4/h5-8,10-11H,9,16H2,1-4H3,(H2,17,18,20,21). The molecule has 6 heteroatoms. The van der Waals surface area contributed by atoms with E-state index in [9.17, 15) is 9.59 Å². The third-order valence-corrected chi connectivity index (χ3v) is 3.41. The molecule has 0 aliphatic rings. The third kappa shape index (κ3) is 4.75. The summed E-state index contributed by atoms with van der Waals surface area (Å²) in [4.78, 5) is 25.3. The van der Waals surface area contributed by atoms with Crippen molar-refractivity contribution in [3.8, 4) is 0 Å². The van der Waals surface area contributed by atoms with Gasteiger partial charge in [-0.05, 0) is 32.4 Å². The summed E-state index contributed by atoms with van der Waals surface area (Å²) in [7, 11) is 1.47. The number of nitrogens with one attached hydrogen (secondary N) is 2. The SMILES string of the molecule is CNC(=O)NC(=O)C(C)N(Cc1ccccc1N)C(C)C. The van der Waals surface area contributed by atoms with Crippen molar-refractivity contribution in [1.82, 2.24) is 15.5 Å². The van der Waals surface area contributed by atoms with Gasteiger partial charge in [0.15, 0.2) is 0 Å². The molecule has 0 radical (unpaired) electrons. The van der Waals surface area contributed by atoms with Gasteiger partial charge in [0.1, 0.15) is 0 Å². The Morgan fingerprint density at radius 3 is 2.38 bits per heavy atom. The van der Waals surface area contributed by atoms with Crippen molar-refractivity contribution >= 4 is 17.6 Å². The maximum atomic E-state index is 12.1. The fourth-order valence-corrected chi connectivity index (χ4v) is 2.07. The van der Waals surface area contributed by atoms with Gasteiger partial charge in [0.25, 0.3) is 0 Å². The van der Waals surface area contributed by atoms with Crippen LogP contribution in [0.15, 0.2) is 24.3 Å². The van der Waals surface area contributed by atoms with E-state index in [4.69, 9.17) is 5.73 Å². The molecule has 1 aromatic carbocycles. The molecule has 0 saturated carbocycles. The van der Waals surface area contributed by atoms with E-state index in [0.717, 1.165) is 5.56 Å². The molecule has 1 unspecified atom stereocenters. The first-order valence-electron chi connectivity index (χ1n) is 6.98. The molecular weight excluding hydrogens is 268 g/mol. The first-order valence-corrected chi connectivity index (χ1v) is 6.98. The largest absolute Gasteiger partial charge is 0.398 e. The van der Waals surface area contributed by atoms with Gasteiger partial charge in [-0.3, -0.25) is 15.0 Å². The van der Waals surface area contributed by atoms with Crippen LogP contribution >= 0.6 is 0 Å². The highest BCUT2D eigenvalue weighted by Crippen LogP contribution is 2.17. The number of nitrogens with two attached hydrogens (primary N) is 1. The van der Waals surface area contributed by atoms with Crippen LogP contribution in [0.2, 0.25) is 0 Å². The second-order valence-corrected chi connectivity index (χ2v) is 5.21. The molecule has 1 rings (SSSR count). The number of carbonyl (C=O) groups is 2. The van der Waals surface area contributed by atoms with Crippen LogP contribution in [0.5, 0.6) is 0 Å². The van der Waals surface area contributed by atoms with E-state index in [1.165, 1.54) is 7.05 Å². The van der Waals surface area contributed by atoms with Gasteiger partial charge in [-0.25, -0.2) is 4.79 Å². The topological polar surface area (TPSA) is 87.5 Å². The highest BCUT2D eigenvalue weighted by molar-refractivity contribution is 5.96. The molecule has 1 aromatic rings. The first kappa shape index (κ1) is 17.0. The van der Waals surface area contributed by atoms with Gasteiger partial charge in [-0.1, -0.05) is 18.2 Å². The van der Waals surface area contributed by atoms with E-state index < -0.39 is 12.1 Å². The molecule has 0 aliphatic heterocycles. The minimum absolute atomic E-state index is 0.134. The summed E-state index contributed by atoms with van der Waals surface area (Å²) < 4.78 is 0. The summed E-state index contributed by atoms with van der Waals surface area (Å²) >= 11 is 0. The van der Waals surface area contributed by atoms with Crippen molar-refractivity contribution in [2.75, 3.05) is 12.8 Å². The molecule has 0 saturated heterocycles. The third-order valence-electron chi connectivity index (χ3n) is 3.41. The average molecular weight is 292 g/mol. The lowest BCUT2D eigenvalue weighted by molar-refractivity contribution is -0.125. The Kier molecular flexibility index (Phi) is 6.17. The van der Waals surface area contributed by atoms with Crippen molar-refractivity contribution < 1.29 is 9.59 Å². The maximum absolute atomic E-state index is 12.1. The van der Waals surface area contributed by atoms with Gasteiger partial charge in [0.2, 0.25) is 5.91 Å². The summed E-state index contributed by atoms with van der Waals surface area (Å²) in [6, 6.07) is 6.75. The molecule has 4 N–H and O–H groups in total. The number of benzene rings is 1. The number of anilines is 1. The zero-order valence-electron chi connectivity index (χ0n) is 13.0. The molecule has 0 aromatic heterocycles. The molecule has 21 heavy (non-hydrogen) atoms. The molecule has 1 atom stereocenters. The highest BCUT2D eigenvalue weighted by Gasteiger charge is 2.25. The number of nitrogen functional groups attached to an aromatic ring is 1. The van der Waals surface area contributed by atoms with Crippen LogP contribution in [-0.2, 0) is 11.3 Å². The molecule has 6 nitrogen and oxygen atoms in total. The Morgan fingerprint density at radius 1 is 1.24 bits per heavy atom. The Morgan fingerprint density at radius 2 is 1.86 bits per heavy atom. The molecular formula is C15H24N4O2. The molecule has 0 spiro atoms. The lowest BCUT2D eigenvalue weighted by Gasteiger charge is -2.32. The number of imide groups is 1. The Labute approximate surface area is 125 Å². The van der Waals surface area contributed by atoms with E-state index in [0.29, 0.717) is 12.2 Å². The van der Waals surface area contributed by atoms with Crippen LogP contribution in [0, 0.1) is 0 Å². The molecule has 116 valence electrons. The predicted octanol–water partition coefficient (Wildman–Crippen LogP) is 1.32. The van der Waals surface area contributed by atoms with Gasteiger partial charge in [0, 0.05) is 25.3 Å². The van der Waals surface area contributed by atoms with Crippen LogP contribution < -0.4 is 16.4 Å². The van der Waals surface area contributed by atoms with Crippen molar-refractivity contribution in [2.45, 2.75) is 39.4 Å². The Balaban J connectivity index is 2.84. The highest BCUT2D eigenvalue weighted by atomic mass is 16.2. The zero-order valence-corrected chi connectivity index (χ0v) is 13.0. The number of hydrogen-bond acceptors (Lipinski definition) is 4. The van der Waals surface area contributed by atoms with E-state index in [1.54, 1.807) is 6.92 Å². The number of rotatable bonds is 5. The summed E-state index contributed by atoms with van der Waals surface area (Å²) in [6.45, 7) is 6.33. The van der Waals surface area contributed by atoms with Crippen LogP contribution in [0.3, 0.4) is 0 Å². The second kappa shape index (κ2) is 7.64. The normalized spacial score (nSPS) is 12.3. The smallest absolute Gasteiger partial charge is 0.321 e. The lowest BCUT2D eigenvalue weighted by Crippen LogP contribution is -2.50. The lowest BCUT2D eigenvalue weighted by atomic mass is 10.1. The first-order chi connectivity index (χ1) is 9.86. The number of amides is 3. The summed E-state index contributed by atoms with van der Waals surface area (Å²) in [5, 5.41) is 4.67. The average Bonchev–Trinajstić information content (AvgIpc) is 2.45. The molecule has 0 heterocycles. The van der Waals surface area contributed by atoms with Gasteiger partial charge < -0.3 is 11.1 Å². The molecule has 0 bridgehead atoms. The fourth-order valence-electron chi connectivity index (χ4n) is 2.07.